The average Bonchev–Trinajstić information content (AvgIpc) is 2.38. The molecule has 19 heavy (non-hydrogen) atoms. The van der Waals surface area contributed by atoms with Crippen molar-refractivity contribution in [2.45, 2.75) is 44.7 Å². The van der Waals surface area contributed by atoms with Crippen molar-refractivity contribution < 1.29 is 19.4 Å². The first-order valence-corrected chi connectivity index (χ1v) is 6.70. The molecule has 6 nitrogen and oxygen atoms in total. The molecule has 0 bridgehead atoms. The van der Waals surface area contributed by atoms with Gasteiger partial charge in [0.25, 0.3) is 0 Å². The first-order chi connectivity index (χ1) is 8.95. The zero-order valence-corrected chi connectivity index (χ0v) is 11.9. The van der Waals surface area contributed by atoms with Crippen LogP contribution in [0.4, 0.5) is 4.79 Å². The van der Waals surface area contributed by atoms with Gasteiger partial charge in [0.2, 0.25) is 0 Å². The summed E-state index contributed by atoms with van der Waals surface area (Å²) in [6.07, 6.45) is 4.19. The molecule has 1 rings (SSSR count). The van der Waals surface area contributed by atoms with Crippen LogP contribution in [0.2, 0.25) is 0 Å². The van der Waals surface area contributed by atoms with Crippen molar-refractivity contribution in [3.8, 4) is 0 Å². The lowest BCUT2D eigenvalue weighted by Crippen LogP contribution is -2.51. The molecule has 110 valence electrons. The second kappa shape index (κ2) is 7.33. The third-order valence-corrected chi connectivity index (χ3v) is 3.78. The number of aliphatic carboxylic acids is 1. The number of ether oxygens (including phenoxy) is 1. The molecule has 1 atom stereocenters. The molecule has 0 saturated heterocycles. The standard InChI is InChI=1S/C13H24N2O4/c1-9-4-6-10(7-5-9)15(2)13(18)14-11(8-19-3)12(16)17/h9-11H,4-8H2,1-3H3,(H,14,18)(H,16,17). The number of urea groups is 1. The van der Waals surface area contributed by atoms with E-state index in [2.05, 4.69) is 12.2 Å². The smallest absolute Gasteiger partial charge is 0.328 e. The van der Waals surface area contributed by atoms with Gasteiger partial charge in [0.15, 0.2) is 6.04 Å². The summed E-state index contributed by atoms with van der Waals surface area (Å²) >= 11 is 0. The monoisotopic (exact) mass is 272 g/mol. The van der Waals surface area contributed by atoms with Gasteiger partial charge < -0.3 is 20.1 Å². The predicted molar refractivity (Wildman–Crippen MR) is 71.0 cm³/mol. The zero-order chi connectivity index (χ0) is 14.4. The number of nitrogens with one attached hydrogen (secondary N) is 1. The summed E-state index contributed by atoms with van der Waals surface area (Å²) in [4.78, 5) is 24.6. The summed E-state index contributed by atoms with van der Waals surface area (Å²) < 4.78 is 4.79. The van der Waals surface area contributed by atoms with E-state index in [1.807, 2.05) is 0 Å². The maximum atomic E-state index is 12.0. The van der Waals surface area contributed by atoms with Gasteiger partial charge in [-0.05, 0) is 31.6 Å². The number of carboxylic acids is 1. The Hall–Kier alpha value is -1.30. The highest BCUT2D eigenvalue weighted by Crippen LogP contribution is 2.26. The molecule has 0 aliphatic heterocycles. The van der Waals surface area contributed by atoms with E-state index in [9.17, 15) is 9.59 Å². The van der Waals surface area contributed by atoms with Crippen LogP contribution in [0, 0.1) is 5.92 Å². The lowest BCUT2D eigenvalue weighted by atomic mass is 9.87. The quantitative estimate of drug-likeness (QED) is 0.791. The van der Waals surface area contributed by atoms with Gasteiger partial charge in [0, 0.05) is 20.2 Å². The van der Waals surface area contributed by atoms with Crippen LogP contribution < -0.4 is 5.32 Å². The van der Waals surface area contributed by atoms with Crippen molar-refractivity contribution in [2.24, 2.45) is 5.92 Å². The van der Waals surface area contributed by atoms with Crippen molar-refractivity contribution in [2.75, 3.05) is 20.8 Å². The van der Waals surface area contributed by atoms with Gasteiger partial charge in [-0.2, -0.15) is 0 Å². The molecule has 1 fully saturated rings. The lowest BCUT2D eigenvalue weighted by molar-refractivity contribution is -0.140. The third-order valence-electron chi connectivity index (χ3n) is 3.78. The van der Waals surface area contributed by atoms with E-state index in [0.29, 0.717) is 5.92 Å². The van der Waals surface area contributed by atoms with Gasteiger partial charge in [-0.1, -0.05) is 6.92 Å². The minimum atomic E-state index is -1.08. The fourth-order valence-corrected chi connectivity index (χ4v) is 2.39. The van der Waals surface area contributed by atoms with E-state index in [0.717, 1.165) is 25.7 Å². The number of amides is 2. The topological polar surface area (TPSA) is 78.9 Å². The van der Waals surface area contributed by atoms with E-state index in [1.54, 1.807) is 11.9 Å². The molecule has 2 amide bonds. The normalized spacial score (nSPS) is 24.6. The Morgan fingerprint density at radius 1 is 1.37 bits per heavy atom. The van der Waals surface area contributed by atoms with Gasteiger partial charge >= 0.3 is 12.0 Å². The highest BCUT2D eigenvalue weighted by Gasteiger charge is 2.27. The second-order valence-electron chi connectivity index (χ2n) is 5.32. The number of rotatable bonds is 5. The Morgan fingerprint density at radius 3 is 2.42 bits per heavy atom. The first kappa shape index (κ1) is 15.8. The highest BCUT2D eigenvalue weighted by atomic mass is 16.5. The molecular weight excluding hydrogens is 248 g/mol. The maximum Gasteiger partial charge on any atom is 0.328 e. The van der Waals surface area contributed by atoms with Crippen LogP contribution in [0.1, 0.15) is 32.6 Å². The van der Waals surface area contributed by atoms with Crippen LogP contribution in [-0.4, -0.2) is 54.9 Å². The molecule has 0 heterocycles. The van der Waals surface area contributed by atoms with Crippen molar-refractivity contribution in [1.82, 2.24) is 10.2 Å². The molecule has 1 saturated carbocycles. The second-order valence-corrected chi connectivity index (χ2v) is 5.32. The molecule has 0 spiro atoms. The van der Waals surface area contributed by atoms with E-state index in [4.69, 9.17) is 9.84 Å². The predicted octanol–water partition coefficient (Wildman–Crippen LogP) is 1.31. The summed E-state index contributed by atoms with van der Waals surface area (Å²) in [5.41, 5.74) is 0. The van der Waals surface area contributed by atoms with Crippen molar-refractivity contribution in [3.63, 3.8) is 0 Å². The summed E-state index contributed by atoms with van der Waals surface area (Å²) in [6.45, 7) is 2.19. The van der Waals surface area contributed by atoms with Gasteiger partial charge in [0.05, 0.1) is 6.61 Å². The molecular formula is C13H24N2O4. The number of hydrogen-bond acceptors (Lipinski definition) is 3. The van der Waals surface area contributed by atoms with Crippen LogP contribution in [-0.2, 0) is 9.53 Å². The molecule has 0 aromatic carbocycles. The molecule has 0 aromatic rings. The van der Waals surface area contributed by atoms with Crippen LogP contribution in [0.25, 0.3) is 0 Å². The molecule has 0 radical (unpaired) electrons. The van der Waals surface area contributed by atoms with Gasteiger partial charge in [-0.15, -0.1) is 0 Å². The van der Waals surface area contributed by atoms with Gasteiger partial charge in [-0.25, -0.2) is 9.59 Å². The molecule has 1 aliphatic carbocycles. The number of nitrogens with zero attached hydrogens (tertiary/aromatic N) is 1. The number of methoxy groups -OCH3 is 1. The van der Waals surface area contributed by atoms with E-state index in [1.165, 1.54) is 7.11 Å². The molecule has 6 heteroatoms. The van der Waals surface area contributed by atoms with E-state index in [-0.39, 0.29) is 18.7 Å². The van der Waals surface area contributed by atoms with Crippen molar-refractivity contribution >= 4 is 12.0 Å². The van der Waals surface area contributed by atoms with E-state index < -0.39 is 12.0 Å². The SMILES string of the molecule is COCC(NC(=O)N(C)C1CCC(C)CC1)C(=O)O. The van der Waals surface area contributed by atoms with Crippen LogP contribution in [0.3, 0.4) is 0 Å². The highest BCUT2D eigenvalue weighted by molar-refractivity contribution is 5.82. The lowest BCUT2D eigenvalue weighted by Gasteiger charge is -2.34. The first-order valence-electron chi connectivity index (χ1n) is 6.70. The maximum absolute atomic E-state index is 12.0. The van der Waals surface area contributed by atoms with Crippen molar-refractivity contribution in [1.29, 1.82) is 0 Å². The summed E-state index contributed by atoms with van der Waals surface area (Å²) in [5.74, 6) is -0.367. The number of hydrogen-bond donors (Lipinski definition) is 2. The van der Waals surface area contributed by atoms with Gasteiger partial charge in [0.1, 0.15) is 0 Å². The molecule has 2 N–H and O–H groups in total. The summed E-state index contributed by atoms with van der Waals surface area (Å²) in [5, 5.41) is 11.5. The van der Waals surface area contributed by atoms with Gasteiger partial charge in [-0.3, -0.25) is 0 Å². The molecule has 0 aromatic heterocycles. The third kappa shape index (κ3) is 4.70. The van der Waals surface area contributed by atoms with Crippen molar-refractivity contribution in [3.05, 3.63) is 0 Å². The van der Waals surface area contributed by atoms with Crippen LogP contribution in [0.15, 0.2) is 0 Å². The van der Waals surface area contributed by atoms with Crippen LogP contribution >= 0.6 is 0 Å². The molecule has 1 aliphatic rings. The minimum absolute atomic E-state index is 0.0311. The summed E-state index contributed by atoms with van der Waals surface area (Å²) in [7, 11) is 3.13. The van der Waals surface area contributed by atoms with Crippen LogP contribution in [0.5, 0.6) is 0 Å². The Labute approximate surface area is 114 Å². The number of carboxylic acid groups (broad SMARTS) is 1. The Bertz CT molecular complexity index is 314. The number of carbonyl (C=O) groups is 2. The Balaban J connectivity index is 2.49. The fraction of sp³-hybridized carbons (Fsp3) is 0.846. The average molecular weight is 272 g/mol. The minimum Gasteiger partial charge on any atom is -0.480 e. The molecule has 1 unspecified atom stereocenters. The van der Waals surface area contributed by atoms with E-state index >= 15 is 0 Å². The Morgan fingerprint density at radius 2 is 1.95 bits per heavy atom. The largest absolute Gasteiger partial charge is 0.480 e. The fourth-order valence-electron chi connectivity index (χ4n) is 2.39. The summed E-state index contributed by atoms with van der Waals surface area (Å²) in [6, 6.07) is -1.14. The zero-order valence-electron chi connectivity index (χ0n) is 11.9. The number of carbonyl (C=O) groups excluding carboxylic acids is 1. The Kier molecular flexibility index (Phi) is 6.08.